The van der Waals surface area contributed by atoms with Crippen LogP contribution in [0.3, 0.4) is 0 Å². The Kier molecular flexibility index (Phi) is 6.51. The molecule has 0 saturated heterocycles. The largest absolute Gasteiger partial charge is 0.451 e. The normalized spacial score (nSPS) is 12.8. The monoisotopic (exact) mass is 411 g/mol. The highest BCUT2D eigenvalue weighted by atomic mass is 19.1. The van der Waals surface area contributed by atoms with E-state index in [9.17, 15) is 14.0 Å². The Balaban J connectivity index is 1.52. The van der Waals surface area contributed by atoms with Crippen molar-refractivity contribution in [2.24, 2.45) is 0 Å². The van der Waals surface area contributed by atoms with Crippen LogP contribution in [0, 0.1) is 12.7 Å². The fraction of sp³-hybridized carbons (Fsp3) is 0.286. The summed E-state index contributed by atoms with van der Waals surface area (Å²) in [7, 11) is 0. The smallest absolute Gasteiger partial charge is 0.330 e. The van der Waals surface area contributed by atoms with Crippen LogP contribution >= 0.6 is 0 Å². The molecule has 2 atom stereocenters. The number of ether oxygens (including phenoxy) is 1. The van der Waals surface area contributed by atoms with Crippen LogP contribution in [-0.2, 0) is 20.9 Å². The number of carbonyl (C=O) groups excluding carboxylic acids is 2. The van der Waals surface area contributed by atoms with Crippen molar-refractivity contribution >= 4 is 11.9 Å². The van der Waals surface area contributed by atoms with E-state index in [1.54, 1.807) is 19.1 Å². The maximum Gasteiger partial charge on any atom is 0.330 e. The van der Waals surface area contributed by atoms with Crippen LogP contribution in [0.25, 0.3) is 11.4 Å². The lowest BCUT2D eigenvalue weighted by Gasteiger charge is -2.18. The molecule has 0 aliphatic rings. The third-order valence-electron chi connectivity index (χ3n) is 4.44. The molecule has 9 heteroatoms. The quantitative estimate of drug-likeness (QED) is 0.600. The van der Waals surface area contributed by atoms with Crippen molar-refractivity contribution < 1.29 is 18.7 Å². The minimum absolute atomic E-state index is 0.274. The molecule has 30 heavy (non-hydrogen) atoms. The predicted octanol–water partition coefficient (Wildman–Crippen LogP) is 2.60. The molecule has 3 rings (SSSR count). The molecule has 1 aromatic heterocycles. The molecule has 1 N–H and O–H groups in total. The van der Waals surface area contributed by atoms with E-state index in [-0.39, 0.29) is 18.4 Å². The van der Waals surface area contributed by atoms with E-state index < -0.39 is 18.0 Å². The first-order valence-corrected chi connectivity index (χ1v) is 9.42. The lowest BCUT2D eigenvalue weighted by molar-refractivity contribution is -0.156. The first-order chi connectivity index (χ1) is 14.3. The zero-order valence-corrected chi connectivity index (χ0v) is 16.9. The molecule has 1 heterocycles. The third kappa shape index (κ3) is 5.47. The minimum atomic E-state index is -1.01. The molecule has 0 bridgehead atoms. The van der Waals surface area contributed by atoms with Gasteiger partial charge in [-0.25, -0.2) is 9.18 Å². The summed E-state index contributed by atoms with van der Waals surface area (Å²) in [6, 6.07) is 13.0. The molecular weight excluding hydrogens is 389 g/mol. The summed E-state index contributed by atoms with van der Waals surface area (Å²) >= 11 is 0. The van der Waals surface area contributed by atoms with E-state index in [0.29, 0.717) is 5.82 Å². The van der Waals surface area contributed by atoms with Crippen molar-refractivity contribution in [3.63, 3.8) is 0 Å². The molecule has 0 saturated carbocycles. The number of aromatic nitrogens is 4. The number of halogens is 1. The lowest BCUT2D eigenvalue weighted by atomic mass is 10.1. The molecule has 2 unspecified atom stereocenters. The van der Waals surface area contributed by atoms with Crippen LogP contribution in [0.2, 0.25) is 0 Å². The van der Waals surface area contributed by atoms with E-state index >= 15 is 0 Å². The predicted molar refractivity (Wildman–Crippen MR) is 107 cm³/mol. The highest BCUT2D eigenvalue weighted by Gasteiger charge is 2.21. The average Bonchev–Trinajstić information content (AvgIpc) is 3.17. The van der Waals surface area contributed by atoms with Gasteiger partial charge in [0.2, 0.25) is 5.82 Å². The summed E-state index contributed by atoms with van der Waals surface area (Å²) in [5, 5.41) is 14.7. The summed E-state index contributed by atoms with van der Waals surface area (Å²) in [5.41, 5.74) is 2.62. The molecular formula is C21H22FN5O3. The molecule has 0 fully saturated rings. The van der Waals surface area contributed by atoms with Gasteiger partial charge in [-0.3, -0.25) is 4.79 Å². The first kappa shape index (κ1) is 21.1. The van der Waals surface area contributed by atoms with Gasteiger partial charge in [-0.05, 0) is 43.7 Å². The van der Waals surface area contributed by atoms with Gasteiger partial charge in [-0.1, -0.05) is 42.0 Å². The Morgan fingerprint density at radius 1 is 1.10 bits per heavy atom. The van der Waals surface area contributed by atoms with Gasteiger partial charge >= 0.3 is 5.97 Å². The van der Waals surface area contributed by atoms with Crippen molar-refractivity contribution in [1.29, 1.82) is 0 Å². The molecule has 0 radical (unpaired) electrons. The number of hydrogen-bond acceptors (Lipinski definition) is 6. The van der Waals surface area contributed by atoms with Gasteiger partial charge in [-0.2, -0.15) is 4.80 Å². The SMILES string of the molecule is Cc1ccc(-c2nnn(CC(=O)OC(C)C(=O)NC(C)c3ccc(F)cc3)n2)cc1. The number of esters is 1. The second-order valence-corrected chi connectivity index (χ2v) is 6.92. The second kappa shape index (κ2) is 9.25. The number of rotatable bonds is 7. The van der Waals surface area contributed by atoms with Gasteiger partial charge in [0.05, 0.1) is 6.04 Å². The Labute approximate surface area is 173 Å². The second-order valence-electron chi connectivity index (χ2n) is 6.92. The number of benzene rings is 2. The van der Waals surface area contributed by atoms with Gasteiger partial charge in [0.1, 0.15) is 5.82 Å². The van der Waals surface area contributed by atoms with Gasteiger partial charge in [0.25, 0.3) is 5.91 Å². The van der Waals surface area contributed by atoms with Crippen LogP contribution in [0.15, 0.2) is 48.5 Å². The van der Waals surface area contributed by atoms with Crippen molar-refractivity contribution in [3.8, 4) is 11.4 Å². The maximum absolute atomic E-state index is 13.0. The maximum atomic E-state index is 13.0. The van der Waals surface area contributed by atoms with E-state index in [1.807, 2.05) is 31.2 Å². The zero-order chi connectivity index (χ0) is 21.7. The number of aryl methyl sites for hydroxylation is 1. The summed E-state index contributed by atoms with van der Waals surface area (Å²) in [6.07, 6.45) is -1.01. The Bertz CT molecular complexity index is 1020. The molecule has 156 valence electrons. The first-order valence-electron chi connectivity index (χ1n) is 9.42. The van der Waals surface area contributed by atoms with E-state index in [4.69, 9.17) is 4.74 Å². The van der Waals surface area contributed by atoms with Gasteiger partial charge in [-0.15, -0.1) is 10.2 Å². The summed E-state index contributed by atoms with van der Waals surface area (Å²) in [4.78, 5) is 25.5. The fourth-order valence-corrected chi connectivity index (χ4v) is 2.70. The van der Waals surface area contributed by atoms with Crippen LogP contribution in [-0.4, -0.2) is 38.2 Å². The Morgan fingerprint density at radius 2 is 1.77 bits per heavy atom. The number of nitrogens with one attached hydrogen (secondary N) is 1. The van der Waals surface area contributed by atoms with Crippen molar-refractivity contribution in [2.75, 3.05) is 0 Å². The van der Waals surface area contributed by atoms with Crippen molar-refractivity contribution in [1.82, 2.24) is 25.5 Å². The molecule has 3 aromatic rings. The van der Waals surface area contributed by atoms with Crippen LogP contribution in [0.1, 0.15) is 31.0 Å². The lowest BCUT2D eigenvalue weighted by Crippen LogP contribution is -2.38. The van der Waals surface area contributed by atoms with Gasteiger partial charge in [0, 0.05) is 5.56 Å². The Hall–Kier alpha value is -3.62. The topological polar surface area (TPSA) is 99.0 Å². The molecule has 2 aromatic carbocycles. The van der Waals surface area contributed by atoms with Crippen LogP contribution < -0.4 is 5.32 Å². The van der Waals surface area contributed by atoms with E-state index in [2.05, 4.69) is 20.7 Å². The average molecular weight is 411 g/mol. The van der Waals surface area contributed by atoms with Crippen molar-refractivity contribution in [3.05, 3.63) is 65.5 Å². The van der Waals surface area contributed by atoms with E-state index in [1.165, 1.54) is 19.1 Å². The van der Waals surface area contributed by atoms with Gasteiger partial charge < -0.3 is 10.1 Å². The molecule has 8 nitrogen and oxygen atoms in total. The molecule has 0 spiro atoms. The number of carbonyl (C=O) groups is 2. The van der Waals surface area contributed by atoms with Gasteiger partial charge in [0.15, 0.2) is 12.6 Å². The Morgan fingerprint density at radius 3 is 2.43 bits per heavy atom. The fourth-order valence-electron chi connectivity index (χ4n) is 2.70. The molecule has 1 amide bonds. The van der Waals surface area contributed by atoms with Crippen molar-refractivity contribution in [2.45, 2.75) is 39.5 Å². The standard InChI is InChI=1S/C21H22FN5O3/c1-13-4-6-17(7-5-13)20-24-26-27(25-20)12-19(28)30-15(3)21(29)23-14(2)16-8-10-18(22)11-9-16/h4-11,14-15H,12H2,1-3H3,(H,23,29). The number of nitrogens with zero attached hydrogens (tertiary/aromatic N) is 4. The number of hydrogen-bond donors (Lipinski definition) is 1. The zero-order valence-electron chi connectivity index (χ0n) is 16.9. The third-order valence-corrected chi connectivity index (χ3v) is 4.44. The van der Waals surface area contributed by atoms with Crippen LogP contribution in [0.5, 0.6) is 0 Å². The number of amides is 1. The molecule has 0 aliphatic carbocycles. The molecule has 0 aliphatic heterocycles. The van der Waals surface area contributed by atoms with E-state index in [0.717, 1.165) is 21.5 Å². The van der Waals surface area contributed by atoms with Crippen LogP contribution in [0.4, 0.5) is 4.39 Å². The summed E-state index contributed by atoms with van der Waals surface area (Å²) < 4.78 is 18.2. The summed E-state index contributed by atoms with van der Waals surface area (Å²) in [5.74, 6) is -1.10. The minimum Gasteiger partial charge on any atom is -0.451 e. The highest BCUT2D eigenvalue weighted by Crippen LogP contribution is 2.15. The highest BCUT2D eigenvalue weighted by molar-refractivity contribution is 5.83. The number of tetrazole rings is 1. The summed E-state index contributed by atoms with van der Waals surface area (Å²) in [6.45, 7) is 4.93.